The number of hydrogen-bond donors (Lipinski definition) is 2. The van der Waals surface area contributed by atoms with Crippen LogP contribution in [-0.4, -0.2) is 76.5 Å². The van der Waals surface area contributed by atoms with Crippen LogP contribution in [0.25, 0.3) is 0 Å². The van der Waals surface area contributed by atoms with Gasteiger partial charge in [-0.05, 0) is 39.9 Å². The Morgan fingerprint density at radius 1 is 1.14 bits per heavy atom. The predicted molar refractivity (Wildman–Crippen MR) is 92.1 cm³/mol. The van der Waals surface area contributed by atoms with Crippen LogP contribution in [-0.2, 0) is 4.79 Å². The van der Waals surface area contributed by atoms with Crippen LogP contribution in [0.15, 0.2) is 4.99 Å². The molecule has 1 saturated carbocycles. The van der Waals surface area contributed by atoms with E-state index in [4.69, 9.17) is 0 Å². The smallest absolute Gasteiger partial charge is 0.230 e. The number of rotatable bonds is 7. The maximum absolute atomic E-state index is 12.5. The molecular weight excluding hydrogens is 278 g/mol. The lowest BCUT2D eigenvalue weighted by molar-refractivity contribution is -0.138. The van der Waals surface area contributed by atoms with Crippen molar-refractivity contribution in [2.75, 3.05) is 54.9 Å². The van der Waals surface area contributed by atoms with E-state index in [1.54, 1.807) is 11.9 Å². The van der Waals surface area contributed by atoms with Crippen LogP contribution in [0.1, 0.15) is 32.1 Å². The predicted octanol–water partition coefficient (Wildman–Crippen LogP) is 0.752. The lowest BCUT2D eigenvalue weighted by Crippen LogP contribution is -2.49. The third-order valence-corrected chi connectivity index (χ3v) is 4.31. The Labute approximate surface area is 135 Å². The first kappa shape index (κ1) is 18.7. The van der Waals surface area contributed by atoms with Crippen molar-refractivity contribution < 1.29 is 4.79 Å². The minimum Gasteiger partial charge on any atom is -0.356 e. The van der Waals surface area contributed by atoms with Crippen LogP contribution in [0.4, 0.5) is 0 Å². The minimum absolute atomic E-state index is 0.237. The van der Waals surface area contributed by atoms with Crippen LogP contribution < -0.4 is 10.6 Å². The van der Waals surface area contributed by atoms with E-state index in [1.165, 1.54) is 0 Å². The van der Waals surface area contributed by atoms with Crippen molar-refractivity contribution in [3.05, 3.63) is 0 Å². The molecule has 6 nitrogen and oxygen atoms in total. The van der Waals surface area contributed by atoms with Crippen molar-refractivity contribution in [1.82, 2.24) is 20.4 Å². The van der Waals surface area contributed by atoms with Crippen LogP contribution in [0.3, 0.4) is 0 Å². The highest BCUT2D eigenvalue weighted by Crippen LogP contribution is 2.38. The molecule has 0 aromatic rings. The number of nitrogens with one attached hydrogen (secondary N) is 2. The molecule has 1 rings (SSSR count). The average molecular weight is 311 g/mol. The Hall–Kier alpha value is -1.30. The summed E-state index contributed by atoms with van der Waals surface area (Å²) in [5.74, 6) is 1.03. The second-order valence-electron chi connectivity index (χ2n) is 6.70. The summed E-state index contributed by atoms with van der Waals surface area (Å²) in [6.07, 6.45) is 5.27. The maximum Gasteiger partial charge on any atom is 0.230 e. The van der Waals surface area contributed by atoms with Gasteiger partial charge in [0.1, 0.15) is 0 Å². The summed E-state index contributed by atoms with van der Waals surface area (Å²) in [5, 5.41) is 6.68. The normalized spacial score (nSPS) is 17.6. The van der Waals surface area contributed by atoms with Crippen molar-refractivity contribution in [2.45, 2.75) is 32.1 Å². The third-order valence-electron chi connectivity index (χ3n) is 4.31. The first-order chi connectivity index (χ1) is 10.4. The summed E-state index contributed by atoms with van der Waals surface area (Å²) in [4.78, 5) is 20.7. The molecule has 6 heteroatoms. The van der Waals surface area contributed by atoms with Crippen molar-refractivity contribution in [3.63, 3.8) is 0 Å². The molecule has 0 atom stereocenters. The summed E-state index contributed by atoms with van der Waals surface area (Å²) in [6, 6.07) is 0. The topological polar surface area (TPSA) is 60.0 Å². The molecule has 0 heterocycles. The fourth-order valence-electron chi connectivity index (χ4n) is 3.07. The van der Waals surface area contributed by atoms with Gasteiger partial charge in [-0.1, -0.05) is 12.8 Å². The summed E-state index contributed by atoms with van der Waals surface area (Å²) in [5.41, 5.74) is -0.259. The molecule has 0 radical (unpaired) electrons. The van der Waals surface area contributed by atoms with Gasteiger partial charge in [0, 0.05) is 34.2 Å². The van der Waals surface area contributed by atoms with E-state index in [9.17, 15) is 4.79 Å². The molecule has 0 bridgehead atoms. The molecule has 22 heavy (non-hydrogen) atoms. The van der Waals surface area contributed by atoms with E-state index in [0.717, 1.165) is 51.2 Å². The Morgan fingerprint density at radius 3 is 2.27 bits per heavy atom. The third kappa shape index (κ3) is 5.48. The summed E-state index contributed by atoms with van der Waals surface area (Å²) >= 11 is 0. The van der Waals surface area contributed by atoms with Gasteiger partial charge in [0.05, 0.1) is 5.41 Å². The van der Waals surface area contributed by atoms with Gasteiger partial charge in [0.2, 0.25) is 5.91 Å². The molecule has 0 unspecified atom stereocenters. The summed E-state index contributed by atoms with van der Waals surface area (Å²) in [7, 11) is 9.61. The van der Waals surface area contributed by atoms with Crippen molar-refractivity contribution in [1.29, 1.82) is 0 Å². The molecular formula is C16H33N5O. The highest BCUT2D eigenvalue weighted by molar-refractivity contribution is 5.85. The highest BCUT2D eigenvalue weighted by atomic mass is 16.2. The van der Waals surface area contributed by atoms with E-state index < -0.39 is 0 Å². The molecule has 2 N–H and O–H groups in total. The van der Waals surface area contributed by atoms with Gasteiger partial charge in [0.25, 0.3) is 0 Å². The number of nitrogens with zero attached hydrogens (tertiary/aromatic N) is 3. The second-order valence-corrected chi connectivity index (χ2v) is 6.70. The maximum atomic E-state index is 12.5. The molecule has 1 fully saturated rings. The zero-order valence-electron chi connectivity index (χ0n) is 14.9. The van der Waals surface area contributed by atoms with Crippen LogP contribution in [0.2, 0.25) is 0 Å². The molecule has 0 saturated heterocycles. The van der Waals surface area contributed by atoms with E-state index in [2.05, 4.69) is 34.6 Å². The lowest BCUT2D eigenvalue weighted by atomic mass is 9.84. The van der Waals surface area contributed by atoms with Crippen molar-refractivity contribution in [2.24, 2.45) is 10.4 Å². The number of carbonyl (C=O) groups excluding carboxylic acids is 1. The van der Waals surface area contributed by atoms with Gasteiger partial charge in [-0.3, -0.25) is 9.79 Å². The van der Waals surface area contributed by atoms with E-state index in [0.29, 0.717) is 6.54 Å². The number of guanidine groups is 1. The fraction of sp³-hybridized carbons (Fsp3) is 0.875. The Bertz CT molecular complexity index is 373. The second kappa shape index (κ2) is 8.98. The van der Waals surface area contributed by atoms with Gasteiger partial charge in [0.15, 0.2) is 5.96 Å². The molecule has 1 aliphatic carbocycles. The quantitative estimate of drug-likeness (QED) is 0.414. The lowest BCUT2D eigenvalue weighted by Gasteiger charge is -2.31. The first-order valence-corrected chi connectivity index (χ1v) is 8.22. The molecule has 128 valence electrons. The van der Waals surface area contributed by atoms with E-state index in [-0.39, 0.29) is 11.3 Å². The van der Waals surface area contributed by atoms with Crippen LogP contribution >= 0.6 is 0 Å². The SMILES string of the molecule is CN=C(NCCCN(C)C)NCC1(C(=O)N(C)C)CCCC1. The van der Waals surface area contributed by atoms with E-state index in [1.807, 2.05) is 14.1 Å². The number of hydrogen-bond acceptors (Lipinski definition) is 3. The standard InChI is InChI=1S/C16H33N5O/c1-17-15(18-11-8-12-20(2)3)19-13-16(9-6-7-10-16)14(22)21(4)5/h6-13H2,1-5H3,(H2,17,18,19). The molecule has 0 aromatic carbocycles. The van der Waals surface area contributed by atoms with Crippen molar-refractivity contribution in [3.8, 4) is 0 Å². The molecule has 0 aliphatic heterocycles. The van der Waals surface area contributed by atoms with E-state index >= 15 is 0 Å². The number of carbonyl (C=O) groups is 1. The molecule has 0 spiro atoms. The highest BCUT2D eigenvalue weighted by Gasteiger charge is 2.42. The van der Waals surface area contributed by atoms with Gasteiger partial charge < -0.3 is 20.4 Å². The van der Waals surface area contributed by atoms with Crippen LogP contribution in [0.5, 0.6) is 0 Å². The minimum atomic E-state index is -0.259. The molecule has 1 amide bonds. The Balaban J connectivity index is 2.48. The Kier molecular flexibility index (Phi) is 7.65. The van der Waals surface area contributed by atoms with Gasteiger partial charge in [-0.15, -0.1) is 0 Å². The number of amides is 1. The first-order valence-electron chi connectivity index (χ1n) is 8.22. The molecule has 1 aliphatic rings. The summed E-state index contributed by atoms with van der Waals surface area (Å²) in [6.45, 7) is 2.59. The van der Waals surface area contributed by atoms with Crippen LogP contribution in [0, 0.1) is 5.41 Å². The Morgan fingerprint density at radius 2 is 1.77 bits per heavy atom. The molecule has 0 aromatic heterocycles. The number of aliphatic imine (C=N–C) groups is 1. The zero-order valence-corrected chi connectivity index (χ0v) is 14.9. The summed E-state index contributed by atoms with van der Waals surface area (Å²) < 4.78 is 0. The zero-order chi connectivity index (χ0) is 16.6. The van der Waals surface area contributed by atoms with Crippen molar-refractivity contribution >= 4 is 11.9 Å². The monoisotopic (exact) mass is 311 g/mol. The average Bonchev–Trinajstić information content (AvgIpc) is 2.95. The largest absolute Gasteiger partial charge is 0.356 e. The van der Waals surface area contributed by atoms with Gasteiger partial charge >= 0.3 is 0 Å². The fourth-order valence-corrected chi connectivity index (χ4v) is 3.07. The van der Waals surface area contributed by atoms with Gasteiger partial charge in [-0.2, -0.15) is 0 Å². The van der Waals surface area contributed by atoms with Gasteiger partial charge in [-0.25, -0.2) is 0 Å².